The molecule has 106 valence electrons. The number of nitrogens with zero attached hydrogens (tertiary/aromatic N) is 1. The molecule has 1 rings (SSSR count). The molecule has 1 aromatic carbocycles. The molecule has 20 heavy (non-hydrogen) atoms. The van der Waals surface area contributed by atoms with E-state index in [-0.39, 0.29) is 5.97 Å². The summed E-state index contributed by atoms with van der Waals surface area (Å²) in [5.41, 5.74) is 1.17. The number of allylic oxidation sites excluding steroid dienone is 1. The maximum absolute atomic E-state index is 10.2. The van der Waals surface area contributed by atoms with Gasteiger partial charge in [-0.3, -0.25) is 0 Å². The van der Waals surface area contributed by atoms with Crippen LogP contribution in [0, 0.1) is 11.3 Å². The van der Waals surface area contributed by atoms with Crippen LogP contribution in [0.2, 0.25) is 0 Å². The topological polar surface area (TPSA) is 50.1 Å². The molecule has 0 amide bonds. The zero-order chi connectivity index (χ0) is 15.6. The molecule has 0 aliphatic heterocycles. The number of nitriles is 1. The highest BCUT2D eigenvalue weighted by Gasteiger charge is 1.89. The fourth-order valence-electron chi connectivity index (χ4n) is 0.851. The molecule has 0 heterocycles. The van der Waals surface area contributed by atoms with E-state index in [0.29, 0.717) is 6.61 Å². The van der Waals surface area contributed by atoms with Crippen LogP contribution in [0.5, 0.6) is 0 Å². The molecule has 3 heteroatoms. The summed E-state index contributed by atoms with van der Waals surface area (Å²) in [7, 11) is 0. The summed E-state index contributed by atoms with van der Waals surface area (Å²) in [5.74, 6) is -0.341. The zero-order valence-electron chi connectivity index (χ0n) is 11.9. The molecule has 3 nitrogen and oxygen atoms in total. The third-order valence-corrected chi connectivity index (χ3v) is 1.74. The quantitative estimate of drug-likeness (QED) is 0.469. The second-order valence-electron chi connectivity index (χ2n) is 3.32. The standard InChI is InChI=1S/C8H8.C6H10O2.C3H3N/c1-2-8-6-4-3-5-7-8;1-3-5-8-6(7)4-2;1-2-3-4/h2-7H,1H2;4H,2-3,5H2,1H3;2H,1H2. The van der Waals surface area contributed by atoms with Crippen LogP contribution in [-0.4, -0.2) is 12.6 Å². The Morgan fingerprint density at radius 2 is 1.85 bits per heavy atom. The minimum atomic E-state index is -0.341. The van der Waals surface area contributed by atoms with Crippen molar-refractivity contribution in [1.29, 1.82) is 5.26 Å². The van der Waals surface area contributed by atoms with Crippen LogP contribution >= 0.6 is 0 Å². The number of carbonyl (C=O) groups is 1. The lowest BCUT2D eigenvalue weighted by atomic mass is 10.2. The summed E-state index contributed by atoms with van der Waals surface area (Å²) in [6, 6.07) is 11.7. The first-order valence-electron chi connectivity index (χ1n) is 6.13. The van der Waals surface area contributed by atoms with Crippen molar-refractivity contribution < 1.29 is 9.53 Å². The van der Waals surface area contributed by atoms with Gasteiger partial charge in [-0.25, -0.2) is 4.79 Å². The van der Waals surface area contributed by atoms with Gasteiger partial charge in [0.05, 0.1) is 12.7 Å². The Kier molecular flexibility index (Phi) is 16.2. The van der Waals surface area contributed by atoms with E-state index < -0.39 is 0 Å². The third kappa shape index (κ3) is 15.4. The van der Waals surface area contributed by atoms with Crippen molar-refractivity contribution in [2.75, 3.05) is 6.61 Å². The van der Waals surface area contributed by atoms with Gasteiger partial charge in [0.1, 0.15) is 0 Å². The highest BCUT2D eigenvalue weighted by Crippen LogP contribution is 1.97. The zero-order valence-corrected chi connectivity index (χ0v) is 11.9. The van der Waals surface area contributed by atoms with E-state index in [0.717, 1.165) is 12.5 Å². The fourth-order valence-corrected chi connectivity index (χ4v) is 0.851. The molecule has 0 aromatic heterocycles. The van der Waals surface area contributed by atoms with Crippen molar-refractivity contribution in [1.82, 2.24) is 0 Å². The van der Waals surface area contributed by atoms with Crippen LogP contribution in [0.3, 0.4) is 0 Å². The lowest BCUT2D eigenvalue weighted by molar-refractivity contribution is -0.137. The van der Waals surface area contributed by atoms with Crippen molar-refractivity contribution in [2.24, 2.45) is 0 Å². The molecular formula is C17H21NO2. The predicted molar refractivity (Wildman–Crippen MR) is 83.8 cm³/mol. The van der Waals surface area contributed by atoms with Gasteiger partial charge < -0.3 is 4.74 Å². The second kappa shape index (κ2) is 16.4. The largest absolute Gasteiger partial charge is 0.463 e. The molecule has 0 fully saturated rings. The lowest BCUT2D eigenvalue weighted by Crippen LogP contribution is -1.99. The van der Waals surface area contributed by atoms with E-state index in [4.69, 9.17) is 5.26 Å². The van der Waals surface area contributed by atoms with Gasteiger partial charge in [-0.05, 0) is 12.0 Å². The van der Waals surface area contributed by atoms with E-state index in [2.05, 4.69) is 24.5 Å². The van der Waals surface area contributed by atoms with Crippen molar-refractivity contribution in [3.63, 3.8) is 0 Å². The number of esters is 1. The van der Waals surface area contributed by atoms with Crippen molar-refractivity contribution in [3.05, 3.63) is 67.8 Å². The van der Waals surface area contributed by atoms with Gasteiger partial charge in [0.2, 0.25) is 0 Å². The third-order valence-electron chi connectivity index (χ3n) is 1.74. The van der Waals surface area contributed by atoms with E-state index in [9.17, 15) is 4.79 Å². The van der Waals surface area contributed by atoms with E-state index in [1.165, 1.54) is 11.6 Å². The number of hydrogen-bond acceptors (Lipinski definition) is 3. The Labute approximate surface area is 121 Å². The van der Waals surface area contributed by atoms with Gasteiger partial charge in [0.25, 0.3) is 0 Å². The number of carbonyl (C=O) groups excluding carboxylic acids is 1. The summed E-state index contributed by atoms with van der Waals surface area (Å²) >= 11 is 0. The summed E-state index contributed by atoms with van der Waals surface area (Å²) in [6.45, 7) is 12.4. The fraction of sp³-hybridized carbons (Fsp3) is 0.176. The van der Waals surface area contributed by atoms with Crippen molar-refractivity contribution in [3.8, 4) is 6.07 Å². The minimum Gasteiger partial charge on any atom is -0.463 e. The molecule has 0 bridgehead atoms. The van der Waals surface area contributed by atoms with E-state index >= 15 is 0 Å². The maximum Gasteiger partial charge on any atom is 0.330 e. The minimum absolute atomic E-state index is 0.341. The van der Waals surface area contributed by atoms with Crippen molar-refractivity contribution in [2.45, 2.75) is 13.3 Å². The Morgan fingerprint density at radius 1 is 1.30 bits per heavy atom. The molecule has 0 radical (unpaired) electrons. The summed E-state index contributed by atoms with van der Waals surface area (Å²) in [5, 5.41) is 7.51. The second-order valence-corrected chi connectivity index (χ2v) is 3.32. The van der Waals surface area contributed by atoms with Gasteiger partial charge in [-0.15, -0.1) is 0 Å². The van der Waals surface area contributed by atoms with Gasteiger partial charge in [0.15, 0.2) is 0 Å². The Balaban J connectivity index is 0. The van der Waals surface area contributed by atoms with Crippen molar-refractivity contribution >= 4 is 12.0 Å². The average molecular weight is 271 g/mol. The predicted octanol–water partition coefficient (Wildman–Crippen LogP) is 4.15. The van der Waals surface area contributed by atoms with Crippen LogP contribution < -0.4 is 0 Å². The van der Waals surface area contributed by atoms with Gasteiger partial charge in [0, 0.05) is 12.2 Å². The van der Waals surface area contributed by atoms with Crippen LogP contribution in [0.15, 0.2) is 62.2 Å². The SMILES string of the molecule is C=CC#N.C=CC(=O)OCCC.C=Cc1ccccc1. The molecule has 0 saturated heterocycles. The Morgan fingerprint density at radius 3 is 2.15 bits per heavy atom. The molecular weight excluding hydrogens is 250 g/mol. The van der Waals surface area contributed by atoms with Gasteiger partial charge in [-0.2, -0.15) is 5.26 Å². The van der Waals surface area contributed by atoms with E-state index in [1.54, 1.807) is 6.07 Å². The number of ether oxygens (including phenoxy) is 1. The molecule has 0 aliphatic rings. The average Bonchev–Trinajstić information content (AvgIpc) is 2.54. The number of benzene rings is 1. The number of hydrogen-bond donors (Lipinski definition) is 0. The van der Waals surface area contributed by atoms with Crippen LogP contribution in [0.25, 0.3) is 6.08 Å². The van der Waals surface area contributed by atoms with E-state index in [1.807, 2.05) is 43.3 Å². The first kappa shape index (κ1) is 19.7. The smallest absolute Gasteiger partial charge is 0.330 e. The van der Waals surface area contributed by atoms with Crippen LogP contribution in [0.1, 0.15) is 18.9 Å². The summed E-state index contributed by atoms with van der Waals surface area (Å²) in [4.78, 5) is 10.2. The molecule has 0 unspecified atom stereocenters. The molecule has 0 N–H and O–H groups in total. The summed E-state index contributed by atoms with van der Waals surface area (Å²) in [6.07, 6.45) is 5.04. The maximum atomic E-state index is 10.2. The summed E-state index contributed by atoms with van der Waals surface area (Å²) < 4.78 is 4.58. The van der Waals surface area contributed by atoms with Crippen LogP contribution in [0.4, 0.5) is 0 Å². The molecule has 0 aliphatic carbocycles. The van der Waals surface area contributed by atoms with Gasteiger partial charge >= 0.3 is 5.97 Å². The molecule has 1 aromatic rings. The highest BCUT2D eigenvalue weighted by atomic mass is 16.5. The number of rotatable bonds is 4. The first-order valence-corrected chi connectivity index (χ1v) is 6.13. The molecule has 0 atom stereocenters. The molecule has 0 saturated carbocycles. The van der Waals surface area contributed by atoms with Crippen LogP contribution in [-0.2, 0) is 9.53 Å². The Bertz CT molecular complexity index is 430. The first-order chi connectivity index (χ1) is 9.65. The monoisotopic (exact) mass is 271 g/mol. The van der Waals surface area contributed by atoms with Gasteiger partial charge in [-0.1, -0.05) is 63.1 Å². The normalized spacial score (nSPS) is 7.40. The Hall–Kier alpha value is -2.60. The molecule has 0 spiro atoms. The lowest BCUT2D eigenvalue weighted by Gasteiger charge is -1.94. The highest BCUT2D eigenvalue weighted by molar-refractivity contribution is 5.81.